The summed E-state index contributed by atoms with van der Waals surface area (Å²) in [5, 5.41) is 6.24. The molecule has 3 aromatic carbocycles. The maximum absolute atomic E-state index is 6.54. The minimum atomic E-state index is 0.458. The van der Waals surface area contributed by atoms with Crippen LogP contribution in [0.3, 0.4) is 0 Å². The van der Waals surface area contributed by atoms with E-state index in [1.54, 1.807) is 34.5 Å². The minimum absolute atomic E-state index is 0.458. The van der Waals surface area contributed by atoms with Gasteiger partial charge in [-0.2, -0.15) is 5.10 Å². The van der Waals surface area contributed by atoms with Crippen molar-refractivity contribution in [2.45, 2.75) is 19.9 Å². The molecule has 6 nitrogen and oxygen atoms in total. The first-order valence-electron chi connectivity index (χ1n) is 11.4. The van der Waals surface area contributed by atoms with Gasteiger partial charge in [0.25, 0.3) is 0 Å². The van der Waals surface area contributed by atoms with E-state index in [1.165, 1.54) is 0 Å². The zero-order valence-electron chi connectivity index (χ0n) is 20.9. The van der Waals surface area contributed by atoms with Gasteiger partial charge in [0.1, 0.15) is 0 Å². The molecule has 4 rings (SSSR count). The van der Waals surface area contributed by atoms with E-state index in [4.69, 9.17) is 47.2 Å². The summed E-state index contributed by atoms with van der Waals surface area (Å²) in [6, 6.07) is 17.2. The van der Waals surface area contributed by atoms with Crippen molar-refractivity contribution >= 4 is 23.2 Å². The van der Waals surface area contributed by atoms with Crippen LogP contribution >= 0.6 is 23.2 Å². The van der Waals surface area contributed by atoms with Gasteiger partial charge in [0.15, 0.2) is 23.0 Å². The molecule has 188 valence electrons. The van der Waals surface area contributed by atoms with E-state index in [0.717, 1.165) is 40.1 Å². The van der Waals surface area contributed by atoms with Crippen molar-refractivity contribution in [2.24, 2.45) is 0 Å². The molecular formula is C28H28Cl2N2O4. The van der Waals surface area contributed by atoms with Crippen LogP contribution in [0.25, 0.3) is 22.5 Å². The summed E-state index contributed by atoms with van der Waals surface area (Å²) in [4.78, 5) is 0. The monoisotopic (exact) mass is 526 g/mol. The Labute approximate surface area is 221 Å². The number of ether oxygens (including phenoxy) is 4. The van der Waals surface area contributed by atoms with Crippen LogP contribution in [-0.4, -0.2) is 38.2 Å². The van der Waals surface area contributed by atoms with Crippen LogP contribution in [0.1, 0.15) is 18.1 Å². The Hall–Kier alpha value is -3.35. The second-order valence-corrected chi connectivity index (χ2v) is 8.91. The highest BCUT2D eigenvalue weighted by Gasteiger charge is 2.22. The summed E-state index contributed by atoms with van der Waals surface area (Å²) in [6.45, 7) is 2.57. The fourth-order valence-corrected chi connectivity index (χ4v) is 4.75. The van der Waals surface area contributed by atoms with Crippen LogP contribution in [0, 0.1) is 0 Å². The molecule has 8 heteroatoms. The Morgan fingerprint density at radius 1 is 0.722 bits per heavy atom. The number of methoxy groups -OCH3 is 4. The smallest absolute Gasteiger partial charge is 0.161 e. The summed E-state index contributed by atoms with van der Waals surface area (Å²) in [5.41, 5.74) is 5.69. The van der Waals surface area contributed by atoms with Crippen molar-refractivity contribution in [2.75, 3.05) is 28.4 Å². The molecule has 0 aliphatic rings. The van der Waals surface area contributed by atoms with E-state index < -0.39 is 0 Å². The highest BCUT2D eigenvalue weighted by molar-refractivity contribution is 6.35. The summed E-state index contributed by atoms with van der Waals surface area (Å²) in [5.74, 6) is 2.60. The van der Waals surface area contributed by atoms with Crippen LogP contribution in [0.2, 0.25) is 10.0 Å². The lowest BCUT2D eigenvalue weighted by Gasteiger charge is -2.14. The molecule has 4 aromatic rings. The highest BCUT2D eigenvalue weighted by atomic mass is 35.5. The molecule has 0 aliphatic carbocycles. The molecule has 0 atom stereocenters. The zero-order valence-corrected chi connectivity index (χ0v) is 22.4. The van der Waals surface area contributed by atoms with Crippen LogP contribution < -0.4 is 18.9 Å². The van der Waals surface area contributed by atoms with Gasteiger partial charge in [0, 0.05) is 26.7 Å². The van der Waals surface area contributed by atoms with E-state index in [9.17, 15) is 0 Å². The average Bonchev–Trinajstić information content (AvgIpc) is 3.27. The normalized spacial score (nSPS) is 10.9. The SMILES string of the molecule is CCc1c(-c2ccc(OC)c(OC)c2)nn(Cc2ccc(Cl)cc2Cl)c1-c1ccc(OC)c(OC)c1. The first-order chi connectivity index (χ1) is 17.4. The van der Waals surface area contributed by atoms with Crippen LogP contribution in [0.4, 0.5) is 0 Å². The topological polar surface area (TPSA) is 54.7 Å². The number of nitrogens with zero attached hydrogens (tertiary/aromatic N) is 2. The molecule has 0 radical (unpaired) electrons. The molecule has 0 N–H and O–H groups in total. The van der Waals surface area contributed by atoms with Gasteiger partial charge in [-0.15, -0.1) is 0 Å². The third-order valence-electron chi connectivity index (χ3n) is 6.05. The standard InChI is InChI=1S/C28H28Cl2N2O4/c1-6-21-27(17-8-11-23(33-2)25(13-17)35-4)31-32(16-19-7-10-20(29)15-22(19)30)28(21)18-9-12-24(34-3)26(14-18)36-5/h7-15H,6,16H2,1-5H3. The van der Waals surface area contributed by atoms with Gasteiger partial charge >= 0.3 is 0 Å². The Balaban J connectivity index is 1.94. The first kappa shape index (κ1) is 25.7. The van der Waals surface area contributed by atoms with Gasteiger partial charge in [-0.3, -0.25) is 4.68 Å². The number of benzene rings is 3. The van der Waals surface area contributed by atoms with Gasteiger partial charge in [0.2, 0.25) is 0 Å². The molecule has 1 aromatic heterocycles. The molecule has 0 aliphatic heterocycles. The average molecular weight is 527 g/mol. The quantitative estimate of drug-likeness (QED) is 0.231. The lowest BCUT2D eigenvalue weighted by atomic mass is 9.99. The Kier molecular flexibility index (Phi) is 7.97. The largest absolute Gasteiger partial charge is 0.493 e. The van der Waals surface area contributed by atoms with Crippen molar-refractivity contribution in [1.82, 2.24) is 9.78 Å². The predicted octanol–water partition coefficient (Wildman–Crippen LogP) is 7.17. The number of hydrogen-bond acceptors (Lipinski definition) is 5. The molecule has 36 heavy (non-hydrogen) atoms. The van der Waals surface area contributed by atoms with Gasteiger partial charge in [-0.25, -0.2) is 0 Å². The van der Waals surface area contributed by atoms with Crippen LogP contribution in [0.5, 0.6) is 23.0 Å². The number of halogens is 2. The lowest BCUT2D eigenvalue weighted by Crippen LogP contribution is -2.05. The number of aromatic nitrogens is 2. The summed E-state index contributed by atoms with van der Waals surface area (Å²) >= 11 is 12.7. The van der Waals surface area contributed by atoms with Crippen molar-refractivity contribution in [3.05, 3.63) is 75.8 Å². The predicted molar refractivity (Wildman–Crippen MR) is 144 cm³/mol. The molecule has 0 bridgehead atoms. The van der Waals surface area contributed by atoms with Gasteiger partial charge in [0.05, 0.1) is 46.4 Å². The number of hydrogen-bond donors (Lipinski definition) is 0. The molecule has 0 amide bonds. The first-order valence-corrected chi connectivity index (χ1v) is 12.2. The molecule has 0 spiro atoms. The summed E-state index contributed by atoms with van der Waals surface area (Å²) in [7, 11) is 6.49. The van der Waals surface area contributed by atoms with Gasteiger partial charge in [-0.1, -0.05) is 36.2 Å². The maximum atomic E-state index is 6.54. The Bertz CT molecular complexity index is 1380. The van der Waals surface area contributed by atoms with E-state index in [2.05, 4.69) is 6.92 Å². The maximum Gasteiger partial charge on any atom is 0.161 e. The summed E-state index contributed by atoms with van der Waals surface area (Å²) < 4.78 is 24.0. The van der Waals surface area contributed by atoms with E-state index >= 15 is 0 Å². The third-order valence-corrected chi connectivity index (χ3v) is 6.64. The second kappa shape index (κ2) is 11.1. The Morgan fingerprint density at radius 2 is 1.31 bits per heavy atom. The van der Waals surface area contributed by atoms with E-state index in [0.29, 0.717) is 39.6 Å². The molecule has 0 saturated heterocycles. The Morgan fingerprint density at radius 3 is 1.86 bits per heavy atom. The molecule has 1 heterocycles. The van der Waals surface area contributed by atoms with Gasteiger partial charge < -0.3 is 18.9 Å². The minimum Gasteiger partial charge on any atom is -0.493 e. The zero-order chi connectivity index (χ0) is 25.8. The second-order valence-electron chi connectivity index (χ2n) is 8.06. The molecular weight excluding hydrogens is 499 g/mol. The third kappa shape index (κ3) is 4.97. The van der Waals surface area contributed by atoms with Crippen molar-refractivity contribution in [3.8, 4) is 45.5 Å². The van der Waals surface area contributed by atoms with E-state index in [1.807, 2.05) is 53.2 Å². The van der Waals surface area contributed by atoms with Gasteiger partial charge in [-0.05, 0) is 60.5 Å². The fourth-order valence-electron chi connectivity index (χ4n) is 4.28. The highest BCUT2D eigenvalue weighted by Crippen LogP contribution is 2.40. The molecule has 0 unspecified atom stereocenters. The van der Waals surface area contributed by atoms with Crippen molar-refractivity contribution in [3.63, 3.8) is 0 Å². The molecule has 0 fully saturated rings. The van der Waals surface area contributed by atoms with Crippen molar-refractivity contribution < 1.29 is 18.9 Å². The lowest BCUT2D eigenvalue weighted by molar-refractivity contribution is 0.355. The van der Waals surface area contributed by atoms with Crippen LogP contribution in [-0.2, 0) is 13.0 Å². The van der Waals surface area contributed by atoms with Crippen LogP contribution in [0.15, 0.2) is 54.6 Å². The van der Waals surface area contributed by atoms with E-state index in [-0.39, 0.29) is 0 Å². The number of rotatable bonds is 9. The molecule has 0 saturated carbocycles. The van der Waals surface area contributed by atoms with Crippen molar-refractivity contribution in [1.29, 1.82) is 0 Å². The fraction of sp³-hybridized carbons (Fsp3) is 0.250. The summed E-state index contributed by atoms with van der Waals surface area (Å²) in [6.07, 6.45) is 0.752.